The topological polar surface area (TPSA) is 74.3 Å². The smallest absolute Gasteiger partial charge is 0.416 e. The second-order valence-corrected chi connectivity index (χ2v) is 7.82. The standard InChI is InChI=1S/C24H24F4N2O3/c1-4-5-6-16(22(29)31)21-13(2)30(19-12-18(25)20(33-3)11-17(19)21)23(32)14-7-9-15(10-8-14)24(26,27)28/h7-12,16H,4-6H2,1-3H3,(H2,29,31). The fraction of sp³-hybridized carbons (Fsp3) is 0.333. The van der Waals surface area contributed by atoms with Gasteiger partial charge in [0.2, 0.25) is 5.91 Å². The molecule has 176 valence electrons. The molecule has 3 aromatic rings. The van der Waals surface area contributed by atoms with E-state index >= 15 is 0 Å². The monoisotopic (exact) mass is 464 g/mol. The molecule has 1 amide bonds. The molecule has 1 unspecified atom stereocenters. The molecule has 2 N–H and O–H groups in total. The third-order valence-corrected chi connectivity index (χ3v) is 5.73. The van der Waals surface area contributed by atoms with Crippen molar-refractivity contribution in [2.24, 2.45) is 5.73 Å². The first-order valence-electron chi connectivity index (χ1n) is 10.4. The molecule has 33 heavy (non-hydrogen) atoms. The van der Waals surface area contributed by atoms with Gasteiger partial charge in [0.25, 0.3) is 5.91 Å². The average Bonchev–Trinajstić information content (AvgIpc) is 3.03. The number of nitrogens with two attached hydrogens (primary N) is 1. The maximum Gasteiger partial charge on any atom is 0.416 e. The van der Waals surface area contributed by atoms with Gasteiger partial charge in [-0.1, -0.05) is 19.8 Å². The molecule has 0 fully saturated rings. The minimum absolute atomic E-state index is 0.0186. The van der Waals surface area contributed by atoms with Crippen LogP contribution in [0.15, 0.2) is 36.4 Å². The number of benzene rings is 2. The number of rotatable bonds is 7. The Kier molecular flexibility index (Phi) is 6.81. The summed E-state index contributed by atoms with van der Waals surface area (Å²) >= 11 is 0. The Morgan fingerprint density at radius 3 is 2.30 bits per heavy atom. The van der Waals surface area contributed by atoms with Crippen LogP contribution in [0.3, 0.4) is 0 Å². The average molecular weight is 464 g/mol. The molecule has 0 saturated carbocycles. The summed E-state index contributed by atoms with van der Waals surface area (Å²) in [5.41, 5.74) is 5.78. The van der Waals surface area contributed by atoms with Crippen molar-refractivity contribution >= 4 is 22.7 Å². The number of carbonyl (C=O) groups excluding carboxylic acids is 2. The van der Waals surface area contributed by atoms with E-state index in [1.54, 1.807) is 6.92 Å². The zero-order valence-electron chi connectivity index (χ0n) is 18.4. The number of carbonyl (C=O) groups is 2. The first kappa shape index (κ1) is 24.3. The summed E-state index contributed by atoms with van der Waals surface area (Å²) in [6.07, 6.45) is -2.60. The highest BCUT2D eigenvalue weighted by molar-refractivity contribution is 6.05. The van der Waals surface area contributed by atoms with E-state index in [-0.39, 0.29) is 16.8 Å². The van der Waals surface area contributed by atoms with Crippen LogP contribution in [0.4, 0.5) is 17.6 Å². The van der Waals surface area contributed by atoms with Crippen molar-refractivity contribution in [3.05, 3.63) is 64.6 Å². The van der Waals surface area contributed by atoms with E-state index in [0.717, 1.165) is 36.8 Å². The van der Waals surface area contributed by atoms with Gasteiger partial charge < -0.3 is 10.5 Å². The third-order valence-electron chi connectivity index (χ3n) is 5.73. The SMILES string of the molecule is CCCCC(C(N)=O)c1c(C)n(C(=O)c2ccc(C(F)(F)F)cc2)c2cc(F)c(OC)cc12. The summed E-state index contributed by atoms with van der Waals surface area (Å²) in [6, 6.07) is 6.28. The predicted molar refractivity (Wildman–Crippen MR) is 116 cm³/mol. The fourth-order valence-corrected chi connectivity index (χ4v) is 4.07. The van der Waals surface area contributed by atoms with Crippen molar-refractivity contribution in [2.45, 2.75) is 45.2 Å². The number of nitrogens with zero attached hydrogens (tertiary/aromatic N) is 1. The molecule has 0 aliphatic heterocycles. The van der Waals surface area contributed by atoms with E-state index in [1.807, 2.05) is 6.92 Å². The van der Waals surface area contributed by atoms with Crippen LogP contribution in [0, 0.1) is 12.7 Å². The summed E-state index contributed by atoms with van der Waals surface area (Å²) in [5, 5.41) is 0.422. The first-order valence-corrected chi connectivity index (χ1v) is 10.4. The van der Waals surface area contributed by atoms with Gasteiger partial charge in [0.1, 0.15) is 0 Å². The van der Waals surface area contributed by atoms with Crippen molar-refractivity contribution in [3.8, 4) is 5.75 Å². The third kappa shape index (κ3) is 4.58. The molecular weight excluding hydrogens is 440 g/mol. The summed E-state index contributed by atoms with van der Waals surface area (Å²) in [4.78, 5) is 25.7. The lowest BCUT2D eigenvalue weighted by Gasteiger charge is -2.15. The van der Waals surface area contributed by atoms with Crippen molar-refractivity contribution in [1.29, 1.82) is 0 Å². The molecule has 0 bridgehead atoms. The van der Waals surface area contributed by atoms with Crippen molar-refractivity contribution in [1.82, 2.24) is 4.57 Å². The van der Waals surface area contributed by atoms with E-state index in [2.05, 4.69) is 0 Å². The van der Waals surface area contributed by atoms with Crippen molar-refractivity contribution in [2.75, 3.05) is 7.11 Å². The Labute approximate surface area is 188 Å². The molecule has 0 aliphatic rings. The summed E-state index contributed by atoms with van der Waals surface area (Å²) in [6.45, 7) is 3.56. The zero-order valence-corrected chi connectivity index (χ0v) is 18.4. The summed E-state index contributed by atoms with van der Waals surface area (Å²) < 4.78 is 59.6. The molecule has 3 rings (SSSR count). The molecular formula is C24H24F4N2O3. The van der Waals surface area contributed by atoms with Crippen LogP contribution in [-0.2, 0) is 11.0 Å². The quantitative estimate of drug-likeness (QED) is 0.465. The van der Waals surface area contributed by atoms with Gasteiger partial charge in [0, 0.05) is 22.7 Å². The highest BCUT2D eigenvalue weighted by Gasteiger charge is 2.32. The molecule has 0 saturated heterocycles. The van der Waals surface area contributed by atoms with Crippen LogP contribution in [0.5, 0.6) is 5.75 Å². The second kappa shape index (κ2) is 9.25. The number of hydrogen-bond donors (Lipinski definition) is 1. The predicted octanol–water partition coefficient (Wildman–Crippen LogP) is 5.56. The Hall–Kier alpha value is -3.36. The number of unbranched alkanes of at least 4 members (excludes halogenated alkanes) is 1. The lowest BCUT2D eigenvalue weighted by atomic mass is 9.90. The maximum absolute atomic E-state index is 14.6. The summed E-state index contributed by atoms with van der Waals surface area (Å²) in [5.74, 6) is -2.76. The molecule has 5 nitrogen and oxygen atoms in total. The van der Waals surface area contributed by atoms with Crippen LogP contribution in [0.2, 0.25) is 0 Å². The largest absolute Gasteiger partial charge is 0.494 e. The van der Waals surface area contributed by atoms with Crippen LogP contribution >= 0.6 is 0 Å². The Balaban J connectivity index is 2.25. The number of alkyl halides is 3. The van der Waals surface area contributed by atoms with E-state index in [9.17, 15) is 27.2 Å². The Bertz CT molecular complexity index is 1200. The fourth-order valence-electron chi connectivity index (χ4n) is 4.07. The Morgan fingerprint density at radius 1 is 1.15 bits per heavy atom. The van der Waals surface area contributed by atoms with Gasteiger partial charge in [-0.2, -0.15) is 13.2 Å². The van der Waals surface area contributed by atoms with Gasteiger partial charge in [0.05, 0.1) is 24.1 Å². The van der Waals surface area contributed by atoms with Gasteiger partial charge in [-0.05, 0) is 49.2 Å². The lowest BCUT2D eigenvalue weighted by Crippen LogP contribution is -2.22. The molecule has 2 aromatic carbocycles. The first-order chi connectivity index (χ1) is 15.5. The summed E-state index contributed by atoms with van der Waals surface area (Å²) in [7, 11) is 1.30. The van der Waals surface area contributed by atoms with Crippen LogP contribution in [0.1, 0.15) is 59.3 Å². The highest BCUT2D eigenvalue weighted by Crippen LogP contribution is 2.38. The lowest BCUT2D eigenvalue weighted by molar-refractivity contribution is -0.137. The highest BCUT2D eigenvalue weighted by atomic mass is 19.4. The van der Waals surface area contributed by atoms with Gasteiger partial charge in [-0.15, -0.1) is 0 Å². The van der Waals surface area contributed by atoms with Crippen LogP contribution in [-0.4, -0.2) is 23.5 Å². The molecule has 0 radical (unpaired) electrons. The van der Waals surface area contributed by atoms with E-state index in [4.69, 9.17) is 10.5 Å². The van der Waals surface area contributed by atoms with Gasteiger partial charge in [-0.3, -0.25) is 14.2 Å². The van der Waals surface area contributed by atoms with Crippen molar-refractivity contribution < 1.29 is 31.9 Å². The Morgan fingerprint density at radius 2 is 1.79 bits per heavy atom. The number of hydrogen-bond acceptors (Lipinski definition) is 3. The van der Waals surface area contributed by atoms with Gasteiger partial charge in [0.15, 0.2) is 11.6 Å². The number of methoxy groups -OCH3 is 1. The molecule has 0 aliphatic carbocycles. The van der Waals surface area contributed by atoms with E-state index in [1.165, 1.54) is 17.7 Å². The second-order valence-electron chi connectivity index (χ2n) is 7.82. The maximum atomic E-state index is 14.6. The molecule has 9 heteroatoms. The zero-order chi connectivity index (χ0) is 24.5. The molecule has 1 aromatic heterocycles. The van der Waals surface area contributed by atoms with E-state index in [0.29, 0.717) is 29.5 Å². The van der Waals surface area contributed by atoms with Crippen molar-refractivity contribution in [3.63, 3.8) is 0 Å². The van der Waals surface area contributed by atoms with Crippen LogP contribution in [0.25, 0.3) is 10.9 Å². The number of halogens is 4. The molecule has 0 spiro atoms. The normalized spacial score (nSPS) is 12.7. The van der Waals surface area contributed by atoms with Gasteiger partial charge >= 0.3 is 6.18 Å². The molecule has 1 atom stereocenters. The molecule has 1 heterocycles. The minimum atomic E-state index is -4.54. The number of primary amides is 1. The number of ether oxygens (including phenoxy) is 1. The van der Waals surface area contributed by atoms with Crippen LogP contribution < -0.4 is 10.5 Å². The number of amides is 1. The number of aromatic nitrogens is 1. The van der Waals surface area contributed by atoms with E-state index < -0.39 is 35.3 Å². The van der Waals surface area contributed by atoms with Gasteiger partial charge in [-0.25, -0.2) is 4.39 Å². The minimum Gasteiger partial charge on any atom is -0.494 e. The number of fused-ring (bicyclic) bond motifs is 1.